The molecule has 0 atom stereocenters. The maximum absolute atomic E-state index is 11.6. The summed E-state index contributed by atoms with van der Waals surface area (Å²) in [5, 5.41) is 4.14. The average molecular weight is 329 g/mol. The van der Waals surface area contributed by atoms with E-state index >= 15 is 0 Å². The summed E-state index contributed by atoms with van der Waals surface area (Å²) in [7, 11) is 0. The lowest BCUT2D eigenvalue weighted by Gasteiger charge is -1.99. The molecular formula is C14H14Cl2N2OS. The number of rotatable bonds is 6. The van der Waals surface area contributed by atoms with Gasteiger partial charge in [-0.25, -0.2) is 4.98 Å². The van der Waals surface area contributed by atoms with E-state index in [2.05, 4.69) is 10.3 Å². The Hall–Kier alpha value is -1.10. The van der Waals surface area contributed by atoms with Crippen LogP contribution in [0.4, 0.5) is 5.13 Å². The minimum absolute atomic E-state index is 0.0435. The van der Waals surface area contributed by atoms with Gasteiger partial charge in [-0.05, 0) is 24.1 Å². The largest absolute Gasteiger partial charge is 0.302 e. The first kappa shape index (κ1) is 15.3. The maximum Gasteiger partial charge on any atom is 0.226 e. The number of aromatic nitrogens is 1. The van der Waals surface area contributed by atoms with Gasteiger partial charge in [0.25, 0.3) is 0 Å². The van der Waals surface area contributed by atoms with Crippen LogP contribution in [-0.2, 0) is 11.2 Å². The number of carbonyl (C=O) groups is 1. The quantitative estimate of drug-likeness (QED) is 0.801. The van der Waals surface area contributed by atoms with Crippen molar-refractivity contribution in [2.45, 2.75) is 19.3 Å². The van der Waals surface area contributed by atoms with Gasteiger partial charge in [0.1, 0.15) is 0 Å². The van der Waals surface area contributed by atoms with Gasteiger partial charge >= 0.3 is 0 Å². The molecule has 0 aliphatic rings. The van der Waals surface area contributed by atoms with Crippen molar-refractivity contribution in [2.24, 2.45) is 0 Å². The van der Waals surface area contributed by atoms with Crippen LogP contribution >= 0.6 is 34.5 Å². The Kier molecular flexibility index (Phi) is 5.83. The van der Waals surface area contributed by atoms with E-state index in [0.717, 1.165) is 21.9 Å². The number of nitrogens with one attached hydrogen (secondary N) is 1. The van der Waals surface area contributed by atoms with Crippen molar-refractivity contribution < 1.29 is 4.79 Å². The van der Waals surface area contributed by atoms with Crippen molar-refractivity contribution in [1.82, 2.24) is 4.98 Å². The summed E-state index contributed by atoms with van der Waals surface area (Å²) in [5.41, 5.74) is 1.16. The summed E-state index contributed by atoms with van der Waals surface area (Å²) in [4.78, 5) is 16.9. The van der Waals surface area contributed by atoms with Crippen LogP contribution in [0.2, 0.25) is 5.02 Å². The van der Waals surface area contributed by atoms with Gasteiger partial charge in [0.05, 0.1) is 0 Å². The number of anilines is 1. The second-order valence-electron chi connectivity index (χ2n) is 4.28. The van der Waals surface area contributed by atoms with Crippen molar-refractivity contribution >= 4 is 45.6 Å². The van der Waals surface area contributed by atoms with Crippen LogP contribution in [-0.4, -0.2) is 16.8 Å². The second-order valence-corrected chi connectivity index (χ2v) is 6.21. The fourth-order valence-electron chi connectivity index (χ4n) is 1.66. The Morgan fingerprint density at radius 2 is 2.05 bits per heavy atom. The topological polar surface area (TPSA) is 42.0 Å². The summed E-state index contributed by atoms with van der Waals surface area (Å²) in [5.74, 6) is 0.450. The molecule has 1 aromatic heterocycles. The number of alkyl halides is 1. The zero-order chi connectivity index (χ0) is 14.4. The Morgan fingerprint density at radius 1 is 1.30 bits per heavy atom. The zero-order valence-corrected chi connectivity index (χ0v) is 13.1. The summed E-state index contributed by atoms with van der Waals surface area (Å²) < 4.78 is 0. The Bertz CT molecular complexity index is 569. The molecule has 0 fully saturated rings. The van der Waals surface area contributed by atoms with Crippen LogP contribution in [0.1, 0.15) is 23.3 Å². The van der Waals surface area contributed by atoms with Gasteiger partial charge in [0.15, 0.2) is 5.13 Å². The number of halogens is 2. The van der Waals surface area contributed by atoms with Gasteiger partial charge in [-0.2, -0.15) is 0 Å². The van der Waals surface area contributed by atoms with Gasteiger partial charge in [0.2, 0.25) is 5.91 Å². The molecule has 6 heteroatoms. The highest BCUT2D eigenvalue weighted by Gasteiger charge is 2.07. The third-order valence-corrected chi connectivity index (χ3v) is 4.06. The minimum atomic E-state index is -0.0435. The Balaban J connectivity index is 1.91. The predicted octanol–water partition coefficient (Wildman–Crippen LogP) is 4.34. The fraction of sp³-hybridized carbons (Fsp3) is 0.286. The number of amides is 1. The third-order valence-electron chi connectivity index (χ3n) is 2.63. The van der Waals surface area contributed by atoms with Crippen LogP contribution in [0.25, 0.3) is 0 Å². The predicted molar refractivity (Wildman–Crippen MR) is 85.0 cm³/mol. The molecule has 1 N–H and O–H groups in total. The molecule has 106 valence electrons. The van der Waals surface area contributed by atoms with Gasteiger partial charge < -0.3 is 5.32 Å². The van der Waals surface area contributed by atoms with Crippen molar-refractivity contribution in [3.8, 4) is 0 Å². The highest BCUT2D eigenvalue weighted by molar-refractivity contribution is 7.15. The molecule has 0 aliphatic carbocycles. The molecule has 2 aromatic rings. The van der Waals surface area contributed by atoms with Crippen LogP contribution in [0.3, 0.4) is 0 Å². The second kappa shape index (κ2) is 7.62. The molecular weight excluding hydrogens is 315 g/mol. The lowest BCUT2D eigenvalue weighted by Crippen LogP contribution is -2.10. The summed E-state index contributed by atoms with van der Waals surface area (Å²) in [6.07, 6.45) is 3.68. The van der Waals surface area contributed by atoms with Gasteiger partial charge in [-0.3, -0.25) is 4.79 Å². The first-order valence-corrected chi connectivity index (χ1v) is 7.95. The number of hydrogen-bond donors (Lipinski definition) is 1. The molecule has 3 nitrogen and oxygen atoms in total. The van der Waals surface area contributed by atoms with E-state index in [1.807, 2.05) is 24.3 Å². The first-order chi connectivity index (χ1) is 9.67. The van der Waals surface area contributed by atoms with E-state index < -0.39 is 0 Å². The molecule has 2 rings (SSSR count). The van der Waals surface area contributed by atoms with Gasteiger partial charge in [-0.1, -0.05) is 23.7 Å². The highest BCUT2D eigenvalue weighted by Crippen LogP contribution is 2.22. The Morgan fingerprint density at radius 3 is 2.75 bits per heavy atom. The average Bonchev–Trinajstić information content (AvgIpc) is 2.86. The van der Waals surface area contributed by atoms with Crippen molar-refractivity contribution in [3.05, 3.63) is 45.9 Å². The Labute approximate surface area is 131 Å². The molecule has 0 saturated carbocycles. The number of hydrogen-bond acceptors (Lipinski definition) is 3. The number of benzene rings is 1. The fourth-order valence-corrected chi connectivity index (χ4v) is 2.78. The molecule has 0 bridgehead atoms. The normalized spacial score (nSPS) is 10.5. The van der Waals surface area contributed by atoms with E-state index in [4.69, 9.17) is 23.2 Å². The van der Waals surface area contributed by atoms with Crippen molar-refractivity contribution in [1.29, 1.82) is 0 Å². The smallest absolute Gasteiger partial charge is 0.226 e. The van der Waals surface area contributed by atoms with E-state index in [0.29, 0.717) is 23.9 Å². The summed E-state index contributed by atoms with van der Waals surface area (Å²) in [6, 6.07) is 7.71. The van der Waals surface area contributed by atoms with E-state index in [9.17, 15) is 4.79 Å². The monoisotopic (exact) mass is 328 g/mol. The minimum Gasteiger partial charge on any atom is -0.302 e. The molecule has 0 spiro atoms. The van der Waals surface area contributed by atoms with Gasteiger partial charge in [-0.15, -0.1) is 22.9 Å². The third kappa shape index (κ3) is 4.78. The van der Waals surface area contributed by atoms with Crippen LogP contribution in [0.15, 0.2) is 30.5 Å². The molecule has 0 saturated heterocycles. The molecule has 1 heterocycles. The SMILES string of the molecule is O=C(CCCCl)Nc1ncc(Cc2ccc(Cl)cc2)s1. The number of thiazole rings is 1. The molecule has 0 aliphatic heterocycles. The van der Waals surface area contributed by atoms with Crippen LogP contribution < -0.4 is 5.32 Å². The standard InChI is InChI=1S/C14H14Cl2N2OS/c15-7-1-2-13(19)18-14-17-9-12(20-14)8-10-3-5-11(16)6-4-10/h3-6,9H,1-2,7-8H2,(H,17,18,19). The van der Waals surface area contributed by atoms with Crippen LogP contribution in [0.5, 0.6) is 0 Å². The first-order valence-electron chi connectivity index (χ1n) is 6.22. The van der Waals surface area contributed by atoms with E-state index in [-0.39, 0.29) is 5.91 Å². The molecule has 20 heavy (non-hydrogen) atoms. The molecule has 0 unspecified atom stereocenters. The summed E-state index contributed by atoms with van der Waals surface area (Å²) in [6.45, 7) is 0. The van der Waals surface area contributed by atoms with E-state index in [1.165, 1.54) is 11.3 Å². The van der Waals surface area contributed by atoms with Crippen LogP contribution in [0, 0.1) is 0 Å². The number of nitrogens with zero attached hydrogens (tertiary/aromatic N) is 1. The summed E-state index contributed by atoms with van der Waals surface area (Å²) >= 11 is 12.9. The van der Waals surface area contributed by atoms with E-state index in [1.54, 1.807) is 6.20 Å². The van der Waals surface area contributed by atoms with Crippen molar-refractivity contribution in [2.75, 3.05) is 11.2 Å². The molecule has 1 amide bonds. The molecule has 0 radical (unpaired) electrons. The lowest BCUT2D eigenvalue weighted by molar-refractivity contribution is -0.116. The zero-order valence-electron chi connectivity index (χ0n) is 10.7. The molecule has 1 aromatic carbocycles. The van der Waals surface area contributed by atoms with Gasteiger partial charge in [0, 0.05) is 34.8 Å². The lowest BCUT2D eigenvalue weighted by atomic mass is 10.1. The maximum atomic E-state index is 11.6. The highest BCUT2D eigenvalue weighted by atomic mass is 35.5. The van der Waals surface area contributed by atoms with Crippen molar-refractivity contribution in [3.63, 3.8) is 0 Å². The number of carbonyl (C=O) groups excluding carboxylic acids is 1.